The second-order valence-corrected chi connectivity index (χ2v) is 22.0. The third-order valence-corrected chi connectivity index (χ3v) is 15.0. The van der Waals surface area contributed by atoms with Crippen LogP contribution in [-0.2, 0) is 20.8 Å². The topological polar surface area (TPSA) is 227 Å². The Morgan fingerprint density at radius 2 is 1.70 bits per heavy atom. The zero-order valence-corrected chi connectivity index (χ0v) is 43.1. The number of aliphatic hydroxyl groups excluding tert-OH is 2. The number of β-amino-alcohol motifs (C(OH)–C–C–N with tert-alkyl or cyclic N) is 1. The Balaban J connectivity index is 0.000000453. The van der Waals surface area contributed by atoms with Gasteiger partial charge in [-0.25, -0.2) is 9.97 Å². The van der Waals surface area contributed by atoms with E-state index in [0.717, 1.165) is 44.1 Å². The van der Waals surface area contributed by atoms with Crippen molar-refractivity contribution in [3.63, 3.8) is 0 Å². The standard InChI is InChI=1S/C40H55ClN8O6.C12H13NOS/c1-38(2,3)32(35(54)49-23-26(50)19-29(49)33(43)52)45-31(51)9-8-14-47-15-17-48(18-16-47)30-13-11-25(22-44-30)34(53)46-36-39(4,5)37(40(36,6)7)55-27-12-10-24(21-42)28(41)20-27;1-9-12(15-8-13-9)11-4-2-10(3-5-11)6-7-14/h10-13,20,22,26,29,32,36-37,50H,8-9,14-19,23H2,1-7H3,(H2,43,52)(H,45,51)(H,46,53);2-5,8,14H,6-7H2,1H3/t26-,29+,32-,36?,37?;/m1./s1. The maximum Gasteiger partial charge on any atom is 0.253 e. The molecule has 4 heterocycles. The Kier molecular flexibility index (Phi) is 17.4. The van der Waals surface area contributed by atoms with Crippen LogP contribution in [0.4, 0.5) is 5.82 Å². The first-order valence-electron chi connectivity index (χ1n) is 23.8. The molecule has 4 amide bonds. The van der Waals surface area contributed by atoms with Gasteiger partial charge in [0, 0.05) is 81.3 Å². The number of likely N-dealkylation sites (tertiary alicyclic amines) is 1. The van der Waals surface area contributed by atoms with Crippen LogP contribution in [0.15, 0.2) is 66.3 Å². The number of aromatic nitrogens is 2. The first-order chi connectivity index (χ1) is 33.0. The molecule has 2 aromatic heterocycles. The molecule has 70 heavy (non-hydrogen) atoms. The van der Waals surface area contributed by atoms with E-state index in [1.807, 2.05) is 39.3 Å². The maximum absolute atomic E-state index is 13.4. The summed E-state index contributed by atoms with van der Waals surface area (Å²) in [4.78, 5) is 67.6. The second kappa shape index (κ2) is 22.6. The molecule has 18 heteroatoms. The molecular formula is C52H68ClN9O7S. The van der Waals surface area contributed by atoms with Crippen LogP contribution in [0.25, 0.3) is 10.4 Å². The molecule has 376 valence electrons. The van der Waals surface area contributed by atoms with Gasteiger partial charge in [-0.05, 0) is 67.1 Å². The van der Waals surface area contributed by atoms with Gasteiger partial charge in [0.2, 0.25) is 17.7 Å². The number of nitrogens with two attached hydrogens (primary N) is 1. The number of aryl methyl sites for hydroxylation is 1. The molecule has 7 rings (SSSR count). The number of nitrogens with zero attached hydrogens (tertiary/aromatic N) is 6. The van der Waals surface area contributed by atoms with Gasteiger partial charge in [0.15, 0.2) is 0 Å². The van der Waals surface area contributed by atoms with Crippen molar-refractivity contribution in [2.45, 2.75) is 111 Å². The van der Waals surface area contributed by atoms with Crippen LogP contribution in [0.2, 0.25) is 5.02 Å². The maximum atomic E-state index is 13.4. The SMILES string of the molecule is CC1(C)C(NC(=O)c2ccc(N3CCN(CCCC(=O)N[C@H](C(=O)N4C[C@H](O)C[C@H]4C(N)=O)C(C)(C)C)CC3)nc2)C(C)(C)C1Oc1ccc(C#N)c(Cl)c1.Cc1ncsc1-c1ccc(CCO)cc1. The lowest BCUT2D eigenvalue weighted by Gasteiger charge is -2.63. The van der Waals surface area contributed by atoms with Gasteiger partial charge in [-0.1, -0.05) is 84.3 Å². The third-order valence-electron chi connectivity index (χ3n) is 13.7. The number of amides is 4. The predicted octanol–water partition coefficient (Wildman–Crippen LogP) is 5.75. The molecule has 3 fully saturated rings. The molecule has 2 saturated heterocycles. The lowest BCUT2D eigenvalue weighted by molar-refractivity contribution is -0.164. The number of thiazole rings is 1. The Labute approximate surface area is 420 Å². The zero-order chi connectivity index (χ0) is 51.1. The average Bonchev–Trinajstić information content (AvgIpc) is 3.94. The van der Waals surface area contributed by atoms with Crippen LogP contribution in [0, 0.1) is 34.5 Å². The van der Waals surface area contributed by atoms with Gasteiger partial charge in [-0.3, -0.25) is 24.1 Å². The smallest absolute Gasteiger partial charge is 0.253 e. The van der Waals surface area contributed by atoms with Crippen molar-refractivity contribution >= 4 is 52.4 Å². The number of nitrogens with one attached hydrogen (secondary N) is 2. The molecule has 0 unspecified atom stereocenters. The van der Waals surface area contributed by atoms with Crippen molar-refractivity contribution in [3.05, 3.63) is 93.7 Å². The van der Waals surface area contributed by atoms with E-state index in [9.17, 15) is 29.5 Å². The number of halogens is 1. The van der Waals surface area contributed by atoms with Gasteiger partial charge < -0.3 is 41.1 Å². The van der Waals surface area contributed by atoms with Gasteiger partial charge in [0.1, 0.15) is 35.8 Å². The minimum absolute atomic E-state index is 0.00434. The first-order valence-corrected chi connectivity index (χ1v) is 25.1. The lowest BCUT2D eigenvalue weighted by atomic mass is 9.49. The number of piperazine rings is 1. The number of pyridine rings is 1. The lowest BCUT2D eigenvalue weighted by Crippen LogP contribution is -2.74. The summed E-state index contributed by atoms with van der Waals surface area (Å²) in [5, 5.41) is 34.5. The highest BCUT2D eigenvalue weighted by Gasteiger charge is 2.64. The number of carbonyl (C=O) groups is 4. The first kappa shape index (κ1) is 53.7. The Morgan fingerprint density at radius 3 is 2.26 bits per heavy atom. The normalized spacial score (nSPS) is 21.1. The van der Waals surface area contributed by atoms with E-state index in [-0.39, 0.29) is 60.8 Å². The minimum Gasteiger partial charge on any atom is -0.489 e. The van der Waals surface area contributed by atoms with E-state index < -0.39 is 35.4 Å². The summed E-state index contributed by atoms with van der Waals surface area (Å²) in [5.41, 5.74) is 10.3. The Bertz CT molecular complexity index is 2500. The number of aliphatic hydroxyl groups is 2. The molecule has 3 atom stereocenters. The van der Waals surface area contributed by atoms with Crippen molar-refractivity contribution in [3.8, 4) is 22.3 Å². The number of carbonyl (C=O) groups excluding carboxylic acids is 4. The number of rotatable bonds is 15. The highest BCUT2D eigenvalue weighted by atomic mass is 35.5. The highest BCUT2D eigenvalue weighted by Crippen LogP contribution is 2.55. The fraction of sp³-hybridized carbons (Fsp3) is 0.519. The van der Waals surface area contributed by atoms with Crippen LogP contribution in [0.5, 0.6) is 5.75 Å². The van der Waals surface area contributed by atoms with Gasteiger partial charge in [0.05, 0.1) is 38.3 Å². The highest BCUT2D eigenvalue weighted by molar-refractivity contribution is 7.13. The molecule has 3 aliphatic rings. The molecule has 0 radical (unpaired) electrons. The summed E-state index contributed by atoms with van der Waals surface area (Å²) in [7, 11) is 0. The van der Waals surface area contributed by atoms with Crippen molar-refractivity contribution in [1.82, 2.24) is 30.4 Å². The van der Waals surface area contributed by atoms with E-state index >= 15 is 0 Å². The van der Waals surface area contributed by atoms with Crippen LogP contribution in [0.1, 0.15) is 94.9 Å². The number of hydrogen-bond acceptors (Lipinski definition) is 13. The number of hydrogen-bond donors (Lipinski definition) is 5. The fourth-order valence-electron chi connectivity index (χ4n) is 10.1. The number of primary amides is 1. The molecule has 0 spiro atoms. The summed E-state index contributed by atoms with van der Waals surface area (Å²) in [6.07, 6.45) is 2.22. The molecule has 1 aliphatic carbocycles. The molecule has 4 aromatic rings. The monoisotopic (exact) mass is 997 g/mol. The van der Waals surface area contributed by atoms with Gasteiger partial charge in [-0.2, -0.15) is 5.26 Å². The largest absolute Gasteiger partial charge is 0.489 e. The molecule has 6 N–H and O–H groups in total. The molecule has 1 saturated carbocycles. The van der Waals surface area contributed by atoms with Gasteiger partial charge in [0.25, 0.3) is 5.91 Å². The quantitative estimate of drug-likeness (QED) is 0.0960. The van der Waals surface area contributed by atoms with Crippen molar-refractivity contribution in [2.24, 2.45) is 22.0 Å². The average molecular weight is 999 g/mol. The van der Waals surface area contributed by atoms with E-state index in [1.54, 1.807) is 41.8 Å². The third kappa shape index (κ3) is 12.6. The van der Waals surface area contributed by atoms with Crippen LogP contribution in [-0.4, -0.2) is 130 Å². The van der Waals surface area contributed by atoms with Gasteiger partial charge >= 0.3 is 0 Å². The fourth-order valence-corrected chi connectivity index (χ4v) is 11.1. The molecule has 16 nitrogen and oxygen atoms in total. The summed E-state index contributed by atoms with van der Waals surface area (Å²) in [6.45, 7) is 19.8. The minimum atomic E-state index is -0.896. The van der Waals surface area contributed by atoms with Crippen molar-refractivity contribution in [2.75, 3.05) is 50.8 Å². The summed E-state index contributed by atoms with van der Waals surface area (Å²) < 4.78 is 6.35. The van der Waals surface area contributed by atoms with Crippen molar-refractivity contribution < 1.29 is 34.1 Å². The number of benzene rings is 2. The van der Waals surface area contributed by atoms with Gasteiger partial charge in [-0.15, -0.1) is 11.3 Å². The van der Waals surface area contributed by atoms with Crippen LogP contribution < -0.4 is 26.0 Å². The Morgan fingerprint density at radius 1 is 1.01 bits per heavy atom. The summed E-state index contributed by atoms with van der Waals surface area (Å²) in [6, 6.07) is 17.1. The van der Waals surface area contributed by atoms with E-state index in [4.69, 9.17) is 27.2 Å². The zero-order valence-electron chi connectivity index (χ0n) is 41.5. The summed E-state index contributed by atoms with van der Waals surface area (Å²) >= 11 is 7.89. The molecule has 2 aromatic carbocycles. The molecular weight excluding hydrogens is 930 g/mol. The van der Waals surface area contributed by atoms with Crippen LogP contribution in [0.3, 0.4) is 0 Å². The van der Waals surface area contributed by atoms with E-state index in [0.29, 0.717) is 34.9 Å². The van der Waals surface area contributed by atoms with Crippen LogP contribution >= 0.6 is 22.9 Å². The molecule has 0 bridgehead atoms. The Hall–Kier alpha value is -5.64. The van der Waals surface area contributed by atoms with E-state index in [1.165, 1.54) is 20.9 Å². The predicted molar refractivity (Wildman–Crippen MR) is 271 cm³/mol. The second-order valence-electron chi connectivity index (χ2n) is 20.7. The van der Waals surface area contributed by atoms with E-state index in [2.05, 4.69) is 88.4 Å². The summed E-state index contributed by atoms with van der Waals surface area (Å²) in [5.74, 6) is -0.184. The number of anilines is 1. The number of ether oxygens (including phenoxy) is 1. The van der Waals surface area contributed by atoms with Crippen molar-refractivity contribution in [1.29, 1.82) is 5.26 Å². The molecule has 2 aliphatic heterocycles. The number of nitriles is 1.